The van der Waals surface area contributed by atoms with E-state index < -0.39 is 0 Å². The Morgan fingerprint density at radius 2 is 2.54 bits per heavy atom. The topological polar surface area (TPSA) is 21.3 Å². The minimum atomic E-state index is 0.769. The van der Waals surface area contributed by atoms with E-state index in [-0.39, 0.29) is 0 Å². The van der Waals surface area contributed by atoms with Gasteiger partial charge in [-0.25, -0.2) is 0 Å². The number of hydrogen-bond acceptors (Lipinski definition) is 3. The third kappa shape index (κ3) is 2.20. The van der Waals surface area contributed by atoms with E-state index >= 15 is 0 Å². The zero-order chi connectivity index (χ0) is 9.15. The van der Waals surface area contributed by atoms with Gasteiger partial charge in [-0.2, -0.15) is 11.8 Å². The Kier molecular flexibility index (Phi) is 3.17. The predicted molar refractivity (Wildman–Crippen MR) is 57.2 cm³/mol. The molecule has 1 aliphatic heterocycles. The zero-order valence-corrected chi connectivity index (χ0v) is 9.16. The van der Waals surface area contributed by atoms with E-state index in [0.29, 0.717) is 0 Å². The van der Waals surface area contributed by atoms with Gasteiger partial charge in [0.2, 0.25) is 0 Å². The predicted octanol–water partition coefficient (Wildman–Crippen LogP) is 1.37. The van der Waals surface area contributed by atoms with E-state index in [1.807, 2.05) is 0 Å². The molecule has 0 aromatic rings. The van der Waals surface area contributed by atoms with Crippen molar-refractivity contribution in [3.63, 3.8) is 0 Å². The van der Waals surface area contributed by atoms with Crippen LogP contribution in [0, 0.1) is 11.3 Å². The molecule has 1 spiro atoms. The quantitative estimate of drug-likeness (QED) is 0.679. The highest BCUT2D eigenvalue weighted by Gasteiger charge is 2.54. The van der Waals surface area contributed by atoms with Crippen molar-refractivity contribution >= 4 is 11.8 Å². The van der Waals surface area contributed by atoms with Crippen LogP contribution in [-0.2, 0) is 4.74 Å². The molecule has 0 amide bonds. The second-order valence-corrected chi connectivity index (χ2v) is 5.37. The molecular weight excluding hydrogens is 182 g/mol. The number of rotatable bonds is 5. The molecule has 1 aliphatic carbocycles. The van der Waals surface area contributed by atoms with Gasteiger partial charge in [0.25, 0.3) is 0 Å². The number of hydrogen-bond donors (Lipinski definition) is 1. The van der Waals surface area contributed by atoms with Crippen molar-refractivity contribution in [3.05, 3.63) is 0 Å². The third-order valence-electron chi connectivity index (χ3n) is 3.37. The molecule has 2 fully saturated rings. The zero-order valence-electron chi connectivity index (χ0n) is 8.34. The van der Waals surface area contributed by atoms with Gasteiger partial charge < -0.3 is 10.1 Å². The van der Waals surface area contributed by atoms with Crippen molar-refractivity contribution in [1.82, 2.24) is 5.32 Å². The smallest absolute Gasteiger partial charge is 0.0587 e. The van der Waals surface area contributed by atoms with Crippen LogP contribution in [0.1, 0.15) is 12.8 Å². The van der Waals surface area contributed by atoms with E-state index in [2.05, 4.69) is 17.1 Å². The molecule has 13 heavy (non-hydrogen) atoms. The molecular formula is C10H19NOS. The van der Waals surface area contributed by atoms with Gasteiger partial charge in [-0.3, -0.25) is 0 Å². The molecule has 2 rings (SSSR count). The second kappa shape index (κ2) is 4.20. The lowest BCUT2D eigenvalue weighted by atomic mass is 10.0. The Balaban J connectivity index is 1.58. The minimum Gasteiger partial charge on any atom is -0.383 e. The highest BCUT2D eigenvalue weighted by molar-refractivity contribution is 7.99. The summed E-state index contributed by atoms with van der Waals surface area (Å²) in [7, 11) is 1.76. The number of thioether (sulfide) groups is 1. The summed E-state index contributed by atoms with van der Waals surface area (Å²) in [5.74, 6) is 3.79. The van der Waals surface area contributed by atoms with Crippen LogP contribution in [-0.4, -0.2) is 38.3 Å². The summed E-state index contributed by atoms with van der Waals surface area (Å²) in [6.45, 7) is 3.06. The second-order valence-electron chi connectivity index (χ2n) is 4.26. The van der Waals surface area contributed by atoms with Crippen LogP contribution in [0.4, 0.5) is 0 Å². The van der Waals surface area contributed by atoms with Gasteiger partial charge in [0.15, 0.2) is 0 Å². The van der Waals surface area contributed by atoms with E-state index in [1.165, 1.54) is 30.9 Å². The average molecular weight is 201 g/mol. The molecule has 0 bridgehead atoms. The van der Waals surface area contributed by atoms with Crippen LogP contribution in [0.3, 0.4) is 0 Å². The maximum atomic E-state index is 4.99. The Morgan fingerprint density at radius 1 is 1.62 bits per heavy atom. The molecule has 1 heterocycles. The SMILES string of the molecule is COCCNCC1CC12CCSC2. The fourth-order valence-corrected chi connectivity index (χ4v) is 3.88. The summed E-state index contributed by atoms with van der Waals surface area (Å²) >= 11 is 2.14. The van der Waals surface area contributed by atoms with Crippen molar-refractivity contribution in [2.75, 3.05) is 38.3 Å². The lowest BCUT2D eigenvalue weighted by Gasteiger charge is -2.07. The van der Waals surface area contributed by atoms with Crippen molar-refractivity contribution < 1.29 is 4.74 Å². The molecule has 2 nitrogen and oxygen atoms in total. The first-order chi connectivity index (χ1) is 6.37. The van der Waals surface area contributed by atoms with Crippen molar-refractivity contribution in [2.24, 2.45) is 11.3 Å². The van der Waals surface area contributed by atoms with Crippen LogP contribution in [0.5, 0.6) is 0 Å². The van der Waals surface area contributed by atoms with E-state index in [1.54, 1.807) is 7.11 Å². The Morgan fingerprint density at radius 3 is 3.23 bits per heavy atom. The first-order valence-corrected chi connectivity index (χ1v) is 6.30. The average Bonchev–Trinajstić information content (AvgIpc) is 2.58. The van der Waals surface area contributed by atoms with Gasteiger partial charge >= 0.3 is 0 Å². The van der Waals surface area contributed by atoms with Gasteiger partial charge in [-0.05, 0) is 42.2 Å². The fraction of sp³-hybridized carbons (Fsp3) is 1.00. The lowest BCUT2D eigenvalue weighted by Crippen LogP contribution is -2.23. The van der Waals surface area contributed by atoms with Crippen LogP contribution in [0.25, 0.3) is 0 Å². The first kappa shape index (κ1) is 9.81. The highest BCUT2D eigenvalue weighted by atomic mass is 32.2. The minimum absolute atomic E-state index is 0.769. The monoisotopic (exact) mass is 201 g/mol. The molecule has 0 aromatic carbocycles. The Labute approximate surface area is 84.8 Å². The van der Waals surface area contributed by atoms with Gasteiger partial charge in [0.1, 0.15) is 0 Å². The maximum absolute atomic E-state index is 4.99. The summed E-state index contributed by atoms with van der Waals surface area (Å²) in [5, 5.41) is 3.47. The van der Waals surface area contributed by atoms with E-state index in [0.717, 1.165) is 24.5 Å². The molecule has 2 unspecified atom stereocenters. The molecule has 2 aliphatic rings. The maximum Gasteiger partial charge on any atom is 0.0587 e. The van der Waals surface area contributed by atoms with E-state index in [4.69, 9.17) is 4.74 Å². The third-order valence-corrected chi connectivity index (χ3v) is 4.64. The van der Waals surface area contributed by atoms with E-state index in [9.17, 15) is 0 Å². The molecule has 0 radical (unpaired) electrons. The number of ether oxygens (including phenoxy) is 1. The van der Waals surface area contributed by atoms with Gasteiger partial charge in [0.05, 0.1) is 6.61 Å². The largest absolute Gasteiger partial charge is 0.383 e. The van der Waals surface area contributed by atoms with Crippen LogP contribution in [0.15, 0.2) is 0 Å². The molecule has 2 atom stereocenters. The number of methoxy groups -OCH3 is 1. The highest BCUT2D eigenvalue weighted by Crippen LogP contribution is 2.60. The summed E-state index contributed by atoms with van der Waals surface area (Å²) in [4.78, 5) is 0. The summed E-state index contributed by atoms with van der Waals surface area (Å²) in [6.07, 6.45) is 2.94. The summed E-state index contributed by atoms with van der Waals surface area (Å²) < 4.78 is 4.99. The van der Waals surface area contributed by atoms with Crippen molar-refractivity contribution in [1.29, 1.82) is 0 Å². The normalized spacial score (nSPS) is 37.2. The van der Waals surface area contributed by atoms with Crippen LogP contribution >= 0.6 is 11.8 Å². The standard InChI is InChI=1S/C10H19NOS/c1-12-4-3-11-7-9-6-10(9)2-5-13-8-10/h9,11H,2-8H2,1H3. The molecule has 3 heteroatoms. The molecule has 1 saturated heterocycles. The fourth-order valence-electron chi connectivity index (χ4n) is 2.28. The van der Waals surface area contributed by atoms with Gasteiger partial charge in [0, 0.05) is 13.7 Å². The molecule has 1 N–H and O–H groups in total. The first-order valence-electron chi connectivity index (χ1n) is 5.15. The van der Waals surface area contributed by atoms with Crippen LogP contribution < -0.4 is 5.32 Å². The van der Waals surface area contributed by atoms with Crippen molar-refractivity contribution in [2.45, 2.75) is 12.8 Å². The summed E-state index contributed by atoms with van der Waals surface area (Å²) in [6, 6.07) is 0. The molecule has 76 valence electrons. The molecule has 0 aromatic heterocycles. The van der Waals surface area contributed by atoms with Gasteiger partial charge in [-0.1, -0.05) is 0 Å². The van der Waals surface area contributed by atoms with Crippen LogP contribution in [0.2, 0.25) is 0 Å². The Hall–Kier alpha value is 0.270. The lowest BCUT2D eigenvalue weighted by molar-refractivity contribution is 0.198. The van der Waals surface area contributed by atoms with Crippen molar-refractivity contribution in [3.8, 4) is 0 Å². The van der Waals surface area contributed by atoms with Gasteiger partial charge in [-0.15, -0.1) is 0 Å². The summed E-state index contributed by atoms with van der Waals surface area (Å²) in [5.41, 5.74) is 0.769. The molecule has 1 saturated carbocycles. The number of nitrogens with one attached hydrogen (secondary N) is 1. The Bertz CT molecular complexity index is 168.